The molecule has 2 N–H and O–H groups in total. The molecule has 1 saturated carbocycles. The molecule has 1 fully saturated rings. The fraction of sp³-hybridized carbons (Fsp3) is 0.714. The highest BCUT2D eigenvalue weighted by Crippen LogP contribution is 2.39. The molecule has 0 amide bonds. The van der Waals surface area contributed by atoms with E-state index in [9.17, 15) is 10.2 Å². The van der Waals surface area contributed by atoms with Gasteiger partial charge in [-0.05, 0) is 50.7 Å². The molecule has 1 aliphatic carbocycles. The van der Waals surface area contributed by atoms with Crippen LogP contribution in [-0.4, -0.2) is 28.3 Å². The molecule has 2 rings (SSSR count). The number of thiophene rings is 1. The monoisotopic (exact) mass is 288 g/mol. The molecule has 0 saturated heterocycles. The zero-order valence-corrected chi connectivity index (χ0v) is 12.3. The highest BCUT2D eigenvalue weighted by atomic mass is 35.5. The van der Waals surface area contributed by atoms with Crippen molar-refractivity contribution in [1.82, 2.24) is 0 Å². The molecule has 0 spiro atoms. The van der Waals surface area contributed by atoms with Crippen LogP contribution in [0.1, 0.15) is 29.0 Å². The highest BCUT2D eigenvalue weighted by molar-refractivity contribution is 7.11. The number of hydrogen-bond donors (Lipinski definition) is 2. The van der Waals surface area contributed by atoms with E-state index >= 15 is 0 Å². The maximum atomic E-state index is 9.81. The molecular formula is C14H21ClO2S. The molecule has 0 unspecified atom stereocenters. The first-order valence-corrected chi connectivity index (χ1v) is 7.85. The molecule has 0 aromatic carbocycles. The summed E-state index contributed by atoms with van der Waals surface area (Å²) in [5.74, 6) is 0.227. The Morgan fingerprint density at radius 1 is 1.39 bits per heavy atom. The van der Waals surface area contributed by atoms with Gasteiger partial charge in [-0.1, -0.05) is 0 Å². The summed E-state index contributed by atoms with van der Waals surface area (Å²) >= 11 is 8.11. The number of rotatable bonds is 5. The normalized spacial score (nSPS) is 32.0. The standard InChI is InChI=1S/C14H21ClO2S/c1-9-5-6-10(18-9)3-2-4-11-12(8-16)14(17)7-13(11)15/h5-6,11-14,16-17H,2-4,7-8H2,1H3/t11-,12-,13-,14-/m1/s1. The summed E-state index contributed by atoms with van der Waals surface area (Å²) in [5, 5.41) is 19.2. The molecule has 4 atom stereocenters. The molecule has 2 nitrogen and oxygen atoms in total. The summed E-state index contributed by atoms with van der Waals surface area (Å²) in [6, 6.07) is 4.34. The minimum atomic E-state index is -0.425. The zero-order chi connectivity index (χ0) is 13.1. The second-order valence-electron chi connectivity index (χ2n) is 5.23. The fourth-order valence-electron chi connectivity index (χ4n) is 2.92. The Hall–Kier alpha value is -0.0900. The lowest BCUT2D eigenvalue weighted by Crippen LogP contribution is -2.24. The predicted octanol–water partition coefficient (Wildman–Crippen LogP) is 2.98. The first-order valence-electron chi connectivity index (χ1n) is 6.60. The van der Waals surface area contributed by atoms with E-state index in [0.29, 0.717) is 6.42 Å². The van der Waals surface area contributed by atoms with Gasteiger partial charge in [0.05, 0.1) is 6.10 Å². The molecular weight excluding hydrogens is 268 g/mol. The molecule has 1 heterocycles. The molecule has 1 aromatic heterocycles. The van der Waals surface area contributed by atoms with E-state index < -0.39 is 6.10 Å². The van der Waals surface area contributed by atoms with Gasteiger partial charge in [-0.25, -0.2) is 0 Å². The van der Waals surface area contributed by atoms with Crippen LogP contribution in [0.5, 0.6) is 0 Å². The van der Waals surface area contributed by atoms with Gasteiger partial charge in [-0.3, -0.25) is 0 Å². The van der Waals surface area contributed by atoms with Crippen LogP contribution in [0.2, 0.25) is 0 Å². The summed E-state index contributed by atoms with van der Waals surface area (Å²) in [6.45, 7) is 2.17. The van der Waals surface area contributed by atoms with Gasteiger partial charge in [-0.15, -0.1) is 22.9 Å². The lowest BCUT2D eigenvalue weighted by atomic mass is 9.90. The summed E-state index contributed by atoms with van der Waals surface area (Å²) in [6.07, 6.45) is 3.35. The minimum absolute atomic E-state index is 0.0159. The average Bonchev–Trinajstić information content (AvgIpc) is 2.84. The largest absolute Gasteiger partial charge is 0.396 e. The third-order valence-corrected chi connectivity index (χ3v) is 5.51. The van der Waals surface area contributed by atoms with Crippen LogP contribution >= 0.6 is 22.9 Å². The second kappa shape index (κ2) is 6.38. The molecule has 1 aromatic rings. The Morgan fingerprint density at radius 2 is 2.17 bits per heavy atom. The summed E-state index contributed by atoms with van der Waals surface area (Å²) in [7, 11) is 0. The number of hydrogen-bond acceptors (Lipinski definition) is 3. The van der Waals surface area contributed by atoms with E-state index in [4.69, 9.17) is 11.6 Å². The van der Waals surface area contributed by atoms with Gasteiger partial charge in [0.15, 0.2) is 0 Å². The van der Waals surface area contributed by atoms with E-state index in [1.54, 1.807) is 0 Å². The smallest absolute Gasteiger partial charge is 0.0607 e. The Labute approximate surface area is 118 Å². The third-order valence-electron chi connectivity index (χ3n) is 3.94. The van der Waals surface area contributed by atoms with Crippen LogP contribution in [0.3, 0.4) is 0 Å². The maximum absolute atomic E-state index is 9.81. The first kappa shape index (κ1) is 14.3. The first-order chi connectivity index (χ1) is 8.61. The van der Waals surface area contributed by atoms with Crippen molar-refractivity contribution < 1.29 is 10.2 Å². The van der Waals surface area contributed by atoms with E-state index in [2.05, 4.69) is 19.1 Å². The van der Waals surface area contributed by atoms with Gasteiger partial charge < -0.3 is 10.2 Å². The lowest BCUT2D eigenvalue weighted by molar-refractivity contribution is 0.0700. The van der Waals surface area contributed by atoms with E-state index in [1.807, 2.05) is 11.3 Å². The SMILES string of the molecule is Cc1ccc(CCC[C@@H]2[C@@H](CO)[C@H](O)C[C@H]2Cl)s1. The predicted molar refractivity (Wildman–Crippen MR) is 76.3 cm³/mol. The van der Waals surface area contributed by atoms with Crippen LogP contribution in [0.15, 0.2) is 12.1 Å². The topological polar surface area (TPSA) is 40.5 Å². The van der Waals surface area contributed by atoms with Gasteiger partial charge >= 0.3 is 0 Å². The minimum Gasteiger partial charge on any atom is -0.396 e. The van der Waals surface area contributed by atoms with Crippen molar-refractivity contribution in [3.8, 4) is 0 Å². The highest BCUT2D eigenvalue weighted by Gasteiger charge is 2.40. The third kappa shape index (κ3) is 3.27. The van der Waals surface area contributed by atoms with Crippen LogP contribution < -0.4 is 0 Å². The van der Waals surface area contributed by atoms with Crippen LogP contribution in [0, 0.1) is 18.8 Å². The zero-order valence-electron chi connectivity index (χ0n) is 10.7. The summed E-state index contributed by atoms with van der Waals surface area (Å²) < 4.78 is 0. The van der Waals surface area contributed by atoms with Crippen LogP contribution in [0.25, 0.3) is 0 Å². The van der Waals surface area contributed by atoms with E-state index in [1.165, 1.54) is 9.75 Å². The molecule has 102 valence electrons. The van der Waals surface area contributed by atoms with Crippen molar-refractivity contribution in [1.29, 1.82) is 0 Å². The van der Waals surface area contributed by atoms with Gasteiger partial charge in [0, 0.05) is 27.7 Å². The Morgan fingerprint density at radius 3 is 2.78 bits per heavy atom. The van der Waals surface area contributed by atoms with E-state index in [0.717, 1.165) is 19.3 Å². The Kier molecular flexibility index (Phi) is 5.07. The summed E-state index contributed by atoms with van der Waals surface area (Å²) in [4.78, 5) is 2.77. The number of aryl methyl sites for hydroxylation is 2. The molecule has 4 heteroatoms. The molecule has 18 heavy (non-hydrogen) atoms. The van der Waals surface area contributed by atoms with Crippen molar-refractivity contribution in [3.05, 3.63) is 21.9 Å². The fourth-order valence-corrected chi connectivity index (χ4v) is 4.34. The van der Waals surface area contributed by atoms with Crippen molar-refractivity contribution in [3.63, 3.8) is 0 Å². The van der Waals surface area contributed by atoms with E-state index in [-0.39, 0.29) is 23.8 Å². The number of aliphatic hydroxyl groups excluding tert-OH is 2. The van der Waals surface area contributed by atoms with Crippen molar-refractivity contribution in [2.24, 2.45) is 11.8 Å². The van der Waals surface area contributed by atoms with Gasteiger partial charge in [0.25, 0.3) is 0 Å². The van der Waals surface area contributed by atoms with Gasteiger partial charge in [0.2, 0.25) is 0 Å². The van der Waals surface area contributed by atoms with Crippen molar-refractivity contribution in [2.75, 3.05) is 6.61 Å². The molecule has 0 radical (unpaired) electrons. The van der Waals surface area contributed by atoms with Crippen molar-refractivity contribution >= 4 is 22.9 Å². The number of aliphatic hydroxyl groups is 2. The van der Waals surface area contributed by atoms with Crippen LogP contribution in [-0.2, 0) is 6.42 Å². The van der Waals surface area contributed by atoms with Crippen LogP contribution in [0.4, 0.5) is 0 Å². The maximum Gasteiger partial charge on any atom is 0.0607 e. The molecule has 0 bridgehead atoms. The quantitative estimate of drug-likeness (QED) is 0.818. The molecule has 0 aliphatic heterocycles. The number of halogens is 1. The summed E-state index contributed by atoms with van der Waals surface area (Å²) in [5.41, 5.74) is 0. The second-order valence-corrected chi connectivity index (χ2v) is 7.17. The average molecular weight is 289 g/mol. The van der Waals surface area contributed by atoms with Gasteiger partial charge in [0.1, 0.15) is 0 Å². The Balaban J connectivity index is 1.82. The van der Waals surface area contributed by atoms with Crippen molar-refractivity contribution in [2.45, 2.75) is 44.1 Å². The number of alkyl halides is 1. The molecule has 1 aliphatic rings. The lowest BCUT2D eigenvalue weighted by Gasteiger charge is -2.21. The van der Waals surface area contributed by atoms with Gasteiger partial charge in [-0.2, -0.15) is 0 Å². The Bertz CT molecular complexity index is 380.